The summed E-state index contributed by atoms with van der Waals surface area (Å²) in [7, 11) is 0. The van der Waals surface area contributed by atoms with Gasteiger partial charge in [-0.05, 0) is 31.4 Å². The average molecular weight is 341 g/mol. The third-order valence-electron chi connectivity index (χ3n) is 4.08. The molecule has 110 valence electrons. The van der Waals surface area contributed by atoms with Gasteiger partial charge in [0.2, 0.25) is 0 Å². The fourth-order valence-corrected chi connectivity index (χ4v) is 3.54. The maximum absolute atomic E-state index is 10.9. The Balaban J connectivity index is 2.30. The zero-order valence-electron chi connectivity index (χ0n) is 11.8. The first-order chi connectivity index (χ1) is 9.67. The number of hydrogen-bond acceptors (Lipinski definition) is 3. The molecule has 1 aromatic carbocycles. The topological polar surface area (TPSA) is 46.4 Å². The highest BCUT2D eigenvalue weighted by atomic mass is 79.9. The summed E-state index contributed by atoms with van der Waals surface area (Å²) >= 11 is 3.46. The average Bonchev–Trinajstić information content (AvgIpc) is 2.49. The van der Waals surface area contributed by atoms with Crippen LogP contribution in [0.2, 0.25) is 0 Å². The number of benzene rings is 1. The lowest BCUT2D eigenvalue weighted by molar-refractivity contribution is -0.384. The second kappa shape index (κ2) is 7.07. The Labute approximate surface area is 128 Å². The minimum atomic E-state index is -0.327. The normalized spacial score (nSPS) is 16.1. The molecular weight excluding hydrogens is 320 g/mol. The number of nitrogens with zero attached hydrogens (tertiary/aromatic N) is 2. The van der Waals surface area contributed by atoms with Crippen molar-refractivity contribution in [2.75, 3.05) is 11.4 Å². The largest absolute Gasteiger partial charge is 0.369 e. The molecule has 1 fully saturated rings. The Hall–Kier alpha value is -1.10. The molecule has 4 nitrogen and oxygen atoms in total. The fraction of sp³-hybridized carbons (Fsp3) is 0.600. The highest BCUT2D eigenvalue weighted by Crippen LogP contribution is 2.32. The summed E-state index contributed by atoms with van der Waals surface area (Å²) in [4.78, 5) is 13.0. The van der Waals surface area contributed by atoms with Gasteiger partial charge in [-0.15, -0.1) is 0 Å². The van der Waals surface area contributed by atoms with Gasteiger partial charge in [-0.3, -0.25) is 10.1 Å². The van der Waals surface area contributed by atoms with E-state index in [1.54, 1.807) is 12.1 Å². The Kier molecular flexibility index (Phi) is 5.40. The van der Waals surface area contributed by atoms with Crippen LogP contribution in [0.1, 0.15) is 44.6 Å². The van der Waals surface area contributed by atoms with E-state index >= 15 is 0 Å². The molecule has 1 saturated carbocycles. The number of nitro groups is 1. The summed E-state index contributed by atoms with van der Waals surface area (Å²) in [5.41, 5.74) is 2.32. The SMILES string of the molecule is CCN(c1ccc([N+](=O)[O-])cc1CBr)C1CCCCC1. The van der Waals surface area contributed by atoms with Crippen LogP contribution in [0.25, 0.3) is 0 Å². The number of hydrogen-bond donors (Lipinski definition) is 0. The van der Waals surface area contributed by atoms with Gasteiger partial charge in [0, 0.05) is 35.7 Å². The minimum absolute atomic E-state index is 0.169. The molecule has 0 bridgehead atoms. The van der Waals surface area contributed by atoms with Crippen molar-refractivity contribution in [1.82, 2.24) is 0 Å². The molecule has 0 amide bonds. The van der Waals surface area contributed by atoms with Crippen molar-refractivity contribution in [1.29, 1.82) is 0 Å². The van der Waals surface area contributed by atoms with Crippen molar-refractivity contribution in [3.05, 3.63) is 33.9 Å². The van der Waals surface area contributed by atoms with Crippen molar-refractivity contribution < 1.29 is 4.92 Å². The van der Waals surface area contributed by atoms with Gasteiger partial charge in [-0.1, -0.05) is 35.2 Å². The van der Waals surface area contributed by atoms with Gasteiger partial charge in [0.25, 0.3) is 5.69 Å². The molecule has 0 aliphatic heterocycles. The van der Waals surface area contributed by atoms with Crippen molar-refractivity contribution in [2.45, 2.75) is 50.4 Å². The first-order valence-corrected chi connectivity index (χ1v) is 8.39. The lowest BCUT2D eigenvalue weighted by Gasteiger charge is -2.36. The van der Waals surface area contributed by atoms with Gasteiger partial charge in [0.05, 0.1) is 4.92 Å². The maximum atomic E-state index is 10.9. The van der Waals surface area contributed by atoms with Gasteiger partial charge in [-0.25, -0.2) is 0 Å². The monoisotopic (exact) mass is 340 g/mol. The molecule has 0 saturated heterocycles. The predicted octanol–water partition coefficient (Wildman–Crippen LogP) is 4.65. The van der Waals surface area contributed by atoms with Crippen LogP contribution in [0.5, 0.6) is 0 Å². The minimum Gasteiger partial charge on any atom is -0.369 e. The van der Waals surface area contributed by atoms with Crippen LogP contribution in [0.4, 0.5) is 11.4 Å². The number of halogens is 1. The lowest BCUT2D eigenvalue weighted by Crippen LogP contribution is -2.37. The van der Waals surface area contributed by atoms with Crippen LogP contribution in [-0.4, -0.2) is 17.5 Å². The van der Waals surface area contributed by atoms with Crippen LogP contribution in [0.3, 0.4) is 0 Å². The first kappa shape index (κ1) is 15.3. The molecule has 0 heterocycles. The molecular formula is C15H21BrN2O2. The van der Waals surface area contributed by atoms with Gasteiger partial charge < -0.3 is 4.90 Å². The summed E-state index contributed by atoms with van der Waals surface area (Å²) in [5, 5.41) is 11.5. The number of non-ortho nitro benzene ring substituents is 1. The molecule has 1 aromatic rings. The van der Waals surface area contributed by atoms with Gasteiger partial charge in [0.15, 0.2) is 0 Å². The summed E-state index contributed by atoms with van der Waals surface area (Å²) < 4.78 is 0. The third kappa shape index (κ3) is 3.32. The first-order valence-electron chi connectivity index (χ1n) is 7.27. The zero-order chi connectivity index (χ0) is 14.5. The molecule has 1 aliphatic rings. The fourth-order valence-electron chi connectivity index (χ4n) is 3.09. The van der Waals surface area contributed by atoms with Crippen LogP contribution in [0, 0.1) is 10.1 Å². The van der Waals surface area contributed by atoms with Crippen LogP contribution >= 0.6 is 15.9 Å². The van der Waals surface area contributed by atoms with E-state index in [1.807, 2.05) is 6.07 Å². The molecule has 0 atom stereocenters. The predicted molar refractivity (Wildman–Crippen MR) is 85.6 cm³/mol. The second-order valence-electron chi connectivity index (χ2n) is 5.28. The third-order valence-corrected chi connectivity index (χ3v) is 4.69. The molecule has 0 spiro atoms. The number of anilines is 1. The Morgan fingerprint density at radius 3 is 2.60 bits per heavy atom. The summed E-state index contributed by atoms with van der Waals surface area (Å²) in [5.74, 6) is 0. The smallest absolute Gasteiger partial charge is 0.269 e. The van der Waals surface area contributed by atoms with E-state index in [9.17, 15) is 10.1 Å². The molecule has 1 aliphatic carbocycles. The number of rotatable bonds is 5. The van der Waals surface area contributed by atoms with E-state index in [1.165, 1.54) is 32.1 Å². The van der Waals surface area contributed by atoms with Gasteiger partial charge >= 0.3 is 0 Å². The highest BCUT2D eigenvalue weighted by Gasteiger charge is 2.23. The summed E-state index contributed by atoms with van der Waals surface area (Å²) in [6, 6.07) is 5.79. The Bertz CT molecular complexity index is 473. The van der Waals surface area contributed by atoms with Gasteiger partial charge in [0.1, 0.15) is 0 Å². The van der Waals surface area contributed by atoms with Crippen molar-refractivity contribution >= 4 is 27.3 Å². The Morgan fingerprint density at radius 2 is 2.05 bits per heavy atom. The lowest BCUT2D eigenvalue weighted by atomic mass is 9.93. The van der Waals surface area contributed by atoms with Gasteiger partial charge in [-0.2, -0.15) is 0 Å². The zero-order valence-corrected chi connectivity index (χ0v) is 13.4. The molecule has 2 rings (SSSR count). The van der Waals surface area contributed by atoms with E-state index in [2.05, 4.69) is 27.8 Å². The molecule has 0 radical (unpaired) electrons. The van der Waals surface area contributed by atoms with E-state index in [0.717, 1.165) is 17.8 Å². The van der Waals surface area contributed by atoms with E-state index in [4.69, 9.17) is 0 Å². The maximum Gasteiger partial charge on any atom is 0.269 e. The van der Waals surface area contributed by atoms with Crippen molar-refractivity contribution in [2.24, 2.45) is 0 Å². The quantitative estimate of drug-likeness (QED) is 0.445. The van der Waals surface area contributed by atoms with Crippen LogP contribution < -0.4 is 4.90 Å². The Morgan fingerprint density at radius 1 is 1.35 bits per heavy atom. The molecule has 0 unspecified atom stereocenters. The molecule has 20 heavy (non-hydrogen) atoms. The molecule has 0 aromatic heterocycles. The van der Waals surface area contributed by atoms with E-state index in [-0.39, 0.29) is 10.6 Å². The van der Waals surface area contributed by atoms with Crippen molar-refractivity contribution in [3.63, 3.8) is 0 Å². The van der Waals surface area contributed by atoms with E-state index in [0.29, 0.717) is 11.4 Å². The number of nitro benzene ring substituents is 1. The summed E-state index contributed by atoms with van der Waals surface area (Å²) in [6.07, 6.45) is 6.37. The molecule has 5 heteroatoms. The number of alkyl halides is 1. The highest BCUT2D eigenvalue weighted by molar-refractivity contribution is 9.08. The summed E-state index contributed by atoms with van der Waals surface area (Å²) in [6.45, 7) is 3.11. The van der Waals surface area contributed by atoms with E-state index < -0.39 is 0 Å². The van der Waals surface area contributed by atoms with Crippen LogP contribution in [0.15, 0.2) is 18.2 Å². The second-order valence-corrected chi connectivity index (χ2v) is 5.84. The standard InChI is InChI=1S/C15H21BrN2O2/c1-2-17(13-6-4-3-5-7-13)15-9-8-14(18(19)20)10-12(15)11-16/h8-10,13H,2-7,11H2,1H3. The van der Waals surface area contributed by atoms with Crippen LogP contribution in [-0.2, 0) is 5.33 Å². The molecule has 0 N–H and O–H groups in total. The van der Waals surface area contributed by atoms with Crippen molar-refractivity contribution in [3.8, 4) is 0 Å².